The largest absolute Gasteiger partial charge is 0.481 e. The zero-order valence-electron chi connectivity index (χ0n) is 15.9. The molecule has 150 valence electrons. The summed E-state index contributed by atoms with van der Waals surface area (Å²) in [6.45, 7) is 0. The molecule has 2 heterocycles. The molecule has 9 heteroatoms. The van der Waals surface area contributed by atoms with Gasteiger partial charge in [0.05, 0.1) is 25.5 Å². The standard InChI is InChI=1S/C19H24FN5O3/c1-27-15-8-12(9-16(24-15)28-2)23-18-13(17(21)26)10-14(20)19(25-18)22-11-6-4-3-5-7-11/h8-11H,3-7H2,1-2H3,(H2,21,26)(H2,22,23,24,25). The van der Waals surface area contributed by atoms with E-state index in [0.29, 0.717) is 17.4 Å². The number of primary amides is 1. The van der Waals surface area contributed by atoms with Crippen molar-refractivity contribution >= 4 is 23.2 Å². The molecule has 1 aliphatic carbocycles. The average molecular weight is 389 g/mol. The molecule has 0 aliphatic heterocycles. The Kier molecular flexibility index (Phi) is 6.13. The van der Waals surface area contributed by atoms with Gasteiger partial charge in [0.2, 0.25) is 11.8 Å². The number of pyridine rings is 2. The van der Waals surface area contributed by atoms with Crippen LogP contribution in [-0.2, 0) is 0 Å². The molecule has 28 heavy (non-hydrogen) atoms. The van der Waals surface area contributed by atoms with E-state index < -0.39 is 11.7 Å². The average Bonchev–Trinajstić information content (AvgIpc) is 2.70. The van der Waals surface area contributed by atoms with E-state index in [1.165, 1.54) is 20.6 Å². The van der Waals surface area contributed by atoms with E-state index in [0.717, 1.165) is 31.7 Å². The van der Waals surface area contributed by atoms with Crippen LogP contribution in [0.15, 0.2) is 18.2 Å². The molecule has 0 atom stereocenters. The SMILES string of the molecule is COc1cc(Nc2nc(NC3CCCCC3)c(F)cc2C(N)=O)cc(OC)n1. The van der Waals surface area contributed by atoms with Crippen molar-refractivity contribution in [1.82, 2.24) is 9.97 Å². The zero-order valence-corrected chi connectivity index (χ0v) is 15.9. The molecule has 1 saturated carbocycles. The third kappa shape index (κ3) is 4.59. The number of hydrogen-bond acceptors (Lipinski definition) is 7. The summed E-state index contributed by atoms with van der Waals surface area (Å²) in [6.07, 6.45) is 5.30. The summed E-state index contributed by atoms with van der Waals surface area (Å²) in [4.78, 5) is 20.2. The molecule has 1 fully saturated rings. The number of nitrogens with two attached hydrogens (primary N) is 1. The molecule has 1 amide bonds. The van der Waals surface area contributed by atoms with Crippen molar-refractivity contribution < 1.29 is 18.7 Å². The van der Waals surface area contributed by atoms with E-state index in [4.69, 9.17) is 15.2 Å². The van der Waals surface area contributed by atoms with Gasteiger partial charge in [-0.2, -0.15) is 4.98 Å². The second kappa shape index (κ2) is 8.73. The van der Waals surface area contributed by atoms with Crippen LogP contribution >= 0.6 is 0 Å². The smallest absolute Gasteiger partial charge is 0.252 e. The van der Waals surface area contributed by atoms with Crippen LogP contribution in [-0.4, -0.2) is 36.1 Å². The van der Waals surface area contributed by atoms with E-state index in [2.05, 4.69) is 20.6 Å². The van der Waals surface area contributed by atoms with Crippen molar-refractivity contribution in [2.45, 2.75) is 38.1 Å². The number of rotatable bonds is 7. The molecule has 8 nitrogen and oxygen atoms in total. The lowest BCUT2D eigenvalue weighted by molar-refractivity contribution is 0.100. The van der Waals surface area contributed by atoms with Gasteiger partial charge in [0.1, 0.15) is 5.82 Å². The summed E-state index contributed by atoms with van der Waals surface area (Å²) in [5.74, 6) is -0.550. The number of methoxy groups -OCH3 is 2. The van der Waals surface area contributed by atoms with E-state index in [-0.39, 0.29) is 23.2 Å². The fourth-order valence-electron chi connectivity index (χ4n) is 3.21. The highest BCUT2D eigenvalue weighted by atomic mass is 19.1. The van der Waals surface area contributed by atoms with Gasteiger partial charge in [-0.3, -0.25) is 4.79 Å². The number of anilines is 3. The number of hydrogen-bond donors (Lipinski definition) is 3. The molecule has 0 spiro atoms. The zero-order chi connectivity index (χ0) is 20.1. The van der Waals surface area contributed by atoms with E-state index in [1.807, 2.05) is 0 Å². The summed E-state index contributed by atoms with van der Waals surface area (Å²) in [5.41, 5.74) is 5.87. The highest BCUT2D eigenvalue weighted by Gasteiger charge is 2.20. The maximum Gasteiger partial charge on any atom is 0.252 e. The normalized spacial score (nSPS) is 14.4. The highest BCUT2D eigenvalue weighted by Crippen LogP contribution is 2.29. The van der Waals surface area contributed by atoms with E-state index in [9.17, 15) is 9.18 Å². The van der Waals surface area contributed by atoms with Crippen molar-refractivity contribution in [3.8, 4) is 11.8 Å². The predicted molar refractivity (Wildman–Crippen MR) is 104 cm³/mol. The molecule has 2 aromatic rings. The first-order valence-corrected chi connectivity index (χ1v) is 9.14. The van der Waals surface area contributed by atoms with Gasteiger partial charge < -0.3 is 25.8 Å². The number of carbonyl (C=O) groups excluding carboxylic acids is 1. The molecular weight excluding hydrogens is 365 g/mol. The van der Waals surface area contributed by atoms with Crippen molar-refractivity contribution in [1.29, 1.82) is 0 Å². The second-order valence-electron chi connectivity index (χ2n) is 6.62. The van der Waals surface area contributed by atoms with Gasteiger partial charge in [0, 0.05) is 18.2 Å². The topological polar surface area (TPSA) is 111 Å². The number of nitrogens with one attached hydrogen (secondary N) is 2. The van der Waals surface area contributed by atoms with Gasteiger partial charge in [-0.15, -0.1) is 0 Å². The molecule has 3 rings (SSSR count). The second-order valence-corrected chi connectivity index (χ2v) is 6.62. The molecule has 0 bridgehead atoms. The van der Waals surface area contributed by atoms with Crippen LogP contribution in [0.5, 0.6) is 11.8 Å². The third-order valence-corrected chi connectivity index (χ3v) is 4.65. The van der Waals surface area contributed by atoms with Crippen molar-refractivity contribution in [3.63, 3.8) is 0 Å². The van der Waals surface area contributed by atoms with Crippen LogP contribution in [0.25, 0.3) is 0 Å². The van der Waals surface area contributed by atoms with Crippen LogP contribution in [0.1, 0.15) is 42.5 Å². The summed E-state index contributed by atoms with van der Waals surface area (Å²) >= 11 is 0. The summed E-state index contributed by atoms with van der Waals surface area (Å²) in [5, 5.41) is 6.14. The van der Waals surface area contributed by atoms with Crippen LogP contribution in [0.3, 0.4) is 0 Å². The lowest BCUT2D eigenvalue weighted by atomic mass is 9.95. The van der Waals surface area contributed by atoms with E-state index in [1.54, 1.807) is 12.1 Å². The molecule has 2 aromatic heterocycles. The maximum atomic E-state index is 14.5. The van der Waals surface area contributed by atoms with Crippen LogP contribution in [0.4, 0.5) is 21.7 Å². The minimum atomic E-state index is -0.786. The van der Waals surface area contributed by atoms with Crippen LogP contribution < -0.4 is 25.8 Å². The monoisotopic (exact) mass is 389 g/mol. The van der Waals surface area contributed by atoms with Crippen LogP contribution in [0, 0.1) is 5.82 Å². The molecule has 0 unspecified atom stereocenters. The Morgan fingerprint density at radius 1 is 1.07 bits per heavy atom. The molecule has 4 N–H and O–H groups in total. The quantitative estimate of drug-likeness (QED) is 0.667. The Morgan fingerprint density at radius 2 is 1.71 bits per heavy atom. The Balaban J connectivity index is 1.93. The number of amides is 1. The fraction of sp³-hybridized carbons (Fsp3) is 0.421. The Hall–Kier alpha value is -3.10. The molecule has 1 aliphatic rings. The minimum Gasteiger partial charge on any atom is -0.481 e. The predicted octanol–water partition coefficient (Wildman–Crippen LogP) is 3.22. The third-order valence-electron chi connectivity index (χ3n) is 4.65. The number of aromatic nitrogens is 2. The molecule has 0 radical (unpaired) electrons. The number of ether oxygens (including phenoxy) is 2. The van der Waals surface area contributed by atoms with Gasteiger partial charge in [-0.25, -0.2) is 9.37 Å². The van der Waals surface area contributed by atoms with Crippen molar-refractivity contribution in [2.75, 3.05) is 24.9 Å². The summed E-state index contributed by atoms with van der Waals surface area (Å²) in [6, 6.07) is 4.46. The van der Waals surface area contributed by atoms with Gasteiger partial charge in [-0.05, 0) is 18.9 Å². The first-order valence-electron chi connectivity index (χ1n) is 9.14. The van der Waals surface area contributed by atoms with Crippen molar-refractivity contribution in [2.24, 2.45) is 5.73 Å². The van der Waals surface area contributed by atoms with Gasteiger partial charge in [-0.1, -0.05) is 19.3 Å². The summed E-state index contributed by atoms with van der Waals surface area (Å²) < 4.78 is 24.8. The molecule has 0 aromatic carbocycles. The Labute approximate surface area is 162 Å². The lowest BCUT2D eigenvalue weighted by Gasteiger charge is -2.24. The van der Waals surface area contributed by atoms with Gasteiger partial charge >= 0.3 is 0 Å². The van der Waals surface area contributed by atoms with Gasteiger partial charge in [0.25, 0.3) is 5.91 Å². The van der Waals surface area contributed by atoms with Crippen molar-refractivity contribution in [3.05, 3.63) is 29.6 Å². The number of nitrogens with zero attached hydrogens (tertiary/aromatic N) is 2. The molecule has 0 saturated heterocycles. The Bertz CT molecular complexity index is 833. The Morgan fingerprint density at radius 3 is 2.29 bits per heavy atom. The van der Waals surface area contributed by atoms with E-state index >= 15 is 0 Å². The minimum absolute atomic E-state index is 0.0542. The fourth-order valence-corrected chi connectivity index (χ4v) is 3.21. The maximum absolute atomic E-state index is 14.5. The summed E-state index contributed by atoms with van der Waals surface area (Å²) in [7, 11) is 2.95. The van der Waals surface area contributed by atoms with Gasteiger partial charge in [0.15, 0.2) is 11.6 Å². The number of carbonyl (C=O) groups is 1. The molecular formula is C19H24FN5O3. The first kappa shape index (κ1) is 19.7. The number of halogens is 1. The highest BCUT2D eigenvalue weighted by molar-refractivity contribution is 5.98. The van der Waals surface area contributed by atoms with Crippen LogP contribution in [0.2, 0.25) is 0 Å². The first-order chi connectivity index (χ1) is 13.5. The lowest BCUT2D eigenvalue weighted by Crippen LogP contribution is -2.24.